The maximum absolute atomic E-state index is 12.9. The highest BCUT2D eigenvalue weighted by atomic mass is 16.6. The maximum Gasteiger partial charge on any atom is 0.269 e. The zero-order chi connectivity index (χ0) is 22.0. The van der Waals surface area contributed by atoms with E-state index < -0.39 is 4.92 Å². The summed E-state index contributed by atoms with van der Waals surface area (Å²) in [6.45, 7) is 1.76. The number of fused-ring (bicyclic) bond motifs is 1. The number of hydrogen-bond donors (Lipinski definition) is 0. The average molecular weight is 411 g/mol. The second-order valence-corrected chi connectivity index (χ2v) is 6.91. The lowest BCUT2D eigenvalue weighted by molar-refractivity contribution is -0.384. The predicted octanol–water partition coefficient (Wildman–Crippen LogP) is 4.50. The molecule has 0 radical (unpaired) electrons. The van der Waals surface area contributed by atoms with Gasteiger partial charge in [0.05, 0.1) is 21.5 Å². The van der Waals surface area contributed by atoms with Gasteiger partial charge in [-0.05, 0) is 67.1 Å². The van der Waals surface area contributed by atoms with Gasteiger partial charge >= 0.3 is 0 Å². The Balaban J connectivity index is 1.58. The monoisotopic (exact) mass is 411 g/mol. The quantitative estimate of drug-likeness (QED) is 0.209. The molecule has 0 spiro atoms. The molecule has 0 aliphatic carbocycles. The Bertz CT molecular complexity index is 1390. The molecule has 3 aromatic carbocycles. The Kier molecular flexibility index (Phi) is 5.24. The van der Waals surface area contributed by atoms with Crippen molar-refractivity contribution in [1.82, 2.24) is 9.55 Å². The van der Waals surface area contributed by atoms with Crippen molar-refractivity contribution in [2.75, 3.05) is 0 Å². The number of para-hydroxylation sites is 1. The minimum absolute atomic E-state index is 0.00668. The minimum Gasteiger partial charge on any atom is -0.289 e. The molecule has 4 rings (SSSR count). The zero-order valence-electron chi connectivity index (χ0n) is 16.6. The number of rotatable bonds is 5. The van der Waals surface area contributed by atoms with E-state index in [-0.39, 0.29) is 17.0 Å². The van der Waals surface area contributed by atoms with E-state index in [1.165, 1.54) is 22.8 Å². The van der Waals surface area contributed by atoms with Crippen LogP contribution in [0, 0.1) is 17.0 Å². The molecule has 7 heteroatoms. The lowest BCUT2D eigenvalue weighted by Crippen LogP contribution is -2.22. The number of nitro groups is 1. The summed E-state index contributed by atoms with van der Waals surface area (Å²) in [5.41, 5.74) is 2.23. The largest absolute Gasteiger partial charge is 0.289 e. The van der Waals surface area contributed by atoms with Gasteiger partial charge in [-0.2, -0.15) is 0 Å². The molecular formula is C24H17N3O4. The Morgan fingerprint density at radius 3 is 2.35 bits per heavy atom. The number of carbonyl (C=O) groups excluding carboxylic acids is 1. The molecule has 0 bridgehead atoms. The number of carbonyl (C=O) groups is 1. The highest BCUT2D eigenvalue weighted by Crippen LogP contribution is 2.16. The van der Waals surface area contributed by atoms with Gasteiger partial charge in [0.25, 0.3) is 11.2 Å². The van der Waals surface area contributed by atoms with Crippen LogP contribution < -0.4 is 5.56 Å². The number of non-ortho nitro benzene ring substituents is 1. The first kappa shape index (κ1) is 19.9. The smallest absolute Gasteiger partial charge is 0.269 e. The molecule has 0 N–H and O–H groups in total. The van der Waals surface area contributed by atoms with Gasteiger partial charge in [-0.1, -0.05) is 18.2 Å². The van der Waals surface area contributed by atoms with Gasteiger partial charge in [0.15, 0.2) is 5.78 Å². The summed E-state index contributed by atoms with van der Waals surface area (Å²) in [5.74, 6) is 0.339. The fourth-order valence-corrected chi connectivity index (χ4v) is 3.30. The molecule has 0 saturated heterocycles. The van der Waals surface area contributed by atoms with Gasteiger partial charge in [0.2, 0.25) is 0 Å². The lowest BCUT2D eigenvalue weighted by Gasteiger charge is -2.11. The fraction of sp³-hybridized carbons (Fsp3) is 0.0417. The summed E-state index contributed by atoms with van der Waals surface area (Å²) in [7, 11) is 0. The van der Waals surface area contributed by atoms with E-state index in [9.17, 15) is 19.7 Å². The van der Waals surface area contributed by atoms with Crippen LogP contribution in [0.25, 0.3) is 22.7 Å². The summed E-state index contributed by atoms with van der Waals surface area (Å²) in [6.07, 6.45) is 3.01. The molecule has 0 fully saturated rings. The Morgan fingerprint density at radius 1 is 1.00 bits per heavy atom. The standard InChI is InChI=1S/C24H17N3O4/c1-16-25-22-5-3-2-4-21(22)24(29)26(16)19-13-9-18(10-14-19)23(28)15-8-17-6-11-20(12-7-17)27(30)31/h2-15H,1H3. The number of nitro benzene ring substituents is 1. The van der Waals surface area contributed by atoms with Crippen molar-refractivity contribution in [3.05, 3.63) is 116 Å². The molecule has 7 nitrogen and oxygen atoms in total. The van der Waals surface area contributed by atoms with Gasteiger partial charge in [-0.15, -0.1) is 0 Å². The van der Waals surface area contributed by atoms with Crippen molar-refractivity contribution in [2.24, 2.45) is 0 Å². The number of nitrogens with zero attached hydrogens (tertiary/aromatic N) is 3. The number of ketones is 1. The minimum atomic E-state index is -0.474. The second-order valence-electron chi connectivity index (χ2n) is 6.91. The summed E-state index contributed by atoms with van der Waals surface area (Å²) < 4.78 is 1.52. The van der Waals surface area contributed by atoms with E-state index in [1.807, 2.05) is 6.07 Å². The SMILES string of the molecule is Cc1nc2ccccc2c(=O)n1-c1ccc(C(=O)C=Cc2ccc([N+](=O)[O-])cc2)cc1. The van der Waals surface area contributed by atoms with Crippen LogP contribution in [0.1, 0.15) is 21.7 Å². The van der Waals surface area contributed by atoms with Crippen LogP contribution in [0.3, 0.4) is 0 Å². The molecule has 152 valence electrons. The van der Waals surface area contributed by atoms with Gasteiger partial charge in [-0.3, -0.25) is 24.3 Å². The van der Waals surface area contributed by atoms with Gasteiger partial charge in [0.1, 0.15) is 5.82 Å². The van der Waals surface area contributed by atoms with Crippen LogP contribution in [0.5, 0.6) is 0 Å². The number of aromatic nitrogens is 2. The molecule has 0 saturated carbocycles. The normalized spacial score (nSPS) is 11.1. The van der Waals surface area contributed by atoms with Crippen LogP contribution in [0.2, 0.25) is 0 Å². The molecule has 31 heavy (non-hydrogen) atoms. The molecule has 0 amide bonds. The van der Waals surface area contributed by atoms with E-state index in [0.29, 0.717) is 33.5 Å². The molecule has 0 atom stereocenters. The van der Waals surface area contributed by atoms with Crippen LogP contribution in [-0.2, 0) is 0 Å². The third-order valence-corrected chi connectivity index (χ3v) is 4.88. The molecule has 1 aromatic heterocycles. The van der Waals surface area contributed by atoms with Crippen LogP contribution in [-0.4, -0.2) is 20.3 Å². The first-order valence-electron chi connectivity index (χ1n) is 9.50. The number of hydrogen-bond acceptors (Lipinski definition) is 5. The molecule has 0 aliphatic heterocycles. The van der Waals surface area contributed by atoms with E-state index in [4.69, 9.17) is 0 Å². The zero-order valence-corrected chi connectivity index (χ0v) is 16.6. The Labute approximate surface area is 177 Å². The lowest BCUT2D eigenvalue weighted by atomic mass is 10.1. The first-order chi connectivity index (χ1) is 14.9. The van der Waals surface area contributed by atoms with E-state index in [0.717, 1.165) is 0 Å². The Hall–Kier alpha value is -4.39. The fourth-order valence-electron chi connectivity index (χ4n) is 3.30. The van der Waals surface area contributed by atoms with Gasteiger partial charge < -0.3 is 0 Å². The molecule has 1 heterocycles. The van der Waals surface area contributed by atoms with E-state index in [1.54, 1.807) is 67.6 Å². The number of benzene rings is 3. The van der Waals surface area contributed by atoms with Crippen LogP contribution in [0.15, 0.2) is 83.7 Å². The predicted molar refractivity (Wildman–Crippen MR) is 119 cm³/mol. The van der Waals surface area contributed by atoms with E-state index >= 15 is 0 Å². The molecule has 0 unspecified atom stereocenters. The number of aryl methyl sites for hydroxylation is 1. The van der Waals surface area contributed by atoms with Crippen molar-refractivity contribution in [2.45, 2.75) is 6.92 Å². The van der Waals surface area contributed by atoms with Crippen molar-refractivity contribution in [1.29, 1.82) is 0 Å². The second kappa shape index (κ2) is 8.16. The van der Waals surface area contributed by atoms with Gasteiger partial charge in [0, 0.05) is 17.7 Å². The topological polar surface area (TPSA) is 95.1 Å². The third-order valence-electron chi connectivity index (χ3n) is 4.88. The van der Waals surface area contributed by atoms with Crippen molar-refractivity contribution in [3.8, 4) is 5.69 Å². The maximum atomic E-state index is 12.9. The van der Waals surface area contributed by atoms with Gasteiger partial charge in [-0.25, -0.2) is 4.98 Å². The number of allylic oxidation sites excluding steroid dienone is 1. The Morgan fingerprint density at radius 2 is 1.68 bits per heavy atom. The van der Waals surface area contributed by atoms with Crippen molar-refractivity contribution >= 4 is 28.4 Å². The first-order valence-corrected chi connectivity index (χ1v) is 9.50. The average Bonchev–Trinajstić information content (AvgIpc) is 2.78. The summed E-state index contributed by atoms with van der Waals surface area (Å²) >= 11 is 0. The van der Waals surface area contributed by atoms with Crippen LogP contribution in [0.4, 0.5) is 5.69 Å². The van der Waals surface area contributed by atoms with Crippen molar-refractivity contribution in [3.63, 3.8) is 0 Å². The van der Waals surface area contributed by atoms with E-state index in [2.05, 4.69) is 4.98 Å². The van der Waals surface area contributed by atoms with Crippen molar-refractivity contribution < 1.29 is 9.72 Å². The summed E-state index contributed by atoms with van der Waals surface area (Å²) in [6, 6.07) is 19.8. The third kappa shape index (κ3) is 4.02. The highest BCUT2D eigenvalue weighted by Gasteiger charge is 2.10. The summed E-state index contributed by atoms with van der Waals surface area (Å²) in [5, 5.41) is 11.2. The highest BCUT2D eigenvalue weighted by molar-refractivity contribution is 6.06. The molecular weight excluding hydrogens is 394 g/mol. The summed E-state index contributed by atoms with van der Waals surface area (Å²) in [4.78, 5) is 40.1. The molecule has 0 aliphatic rings. The van der Waals surface area contributed by atoms with Crippen LogP contribution >= 0.6 is 0 Å². The molecule has 4 aromatic rings.